The molecular formula is C18H24O2. The number of hydrogen-bond acceptors (Lipinski definition) is 2. The Hall–Kier alpha value is -1.28. The van der Waals surface area contributed by atoms with Crippen LogP contribution in [0, 0.1) is 18.3 Å². The molecule has 2 unspecified atom stereocenters. The lowest BCUT2D eigenvalue weighted by atomic mass is 9.65. The van der Waals surface area contributed by atoms with Crippen LogP contribution in [0.15, 0.2) is 28.7 Å². The van der Waals surface area contributed by atoms with Gasteiger partial charge in [0.15, 0.2) is 0 Å². The molecule has 20 heavy (non-hydrogen) atoms. The Morgan fingerprint density at radius 3 is 2.65 bits per heavy atom. The van der Waals surface area contributed by atoms with Crippen molar-refractivity contribution in [3.63, 3.8) is 0 Å². The second-order valence-corrected chi connectivity index (χ2v) is 7.35. The fraction of sp³-hybridized carbons (Fsp3) is 0.556. The number of rotatable bonds is 1. The van der Waals surface area contributed by atoms with Crippen molar-refractivity contribution >= 4 is 11.0 Å². The van der Waals surface area contributed by atoms with Crippen LogP contribution in [-0.4, -0.2) is 5.11 Å². The molecule has 1 heterocycles. The molecule has 2 aromatic rings. The topological polar surface area (TPSA) is 33.4 Å². The van der Waals surface area contributed by atoms with Crippen LogP contribution in [0.25, 0.3) is 11.0 Å². The molecule has 0 bridgehead atoms. The summed E-state index contributed by atoms with van der Waals surface area (Å²) in [7, 11) is 0. The Kier molecular flexibility index (Phi) is 2.98. The summed E-state index contributed by atoms with van der Waals surface area (Å²) >= 11 is 0. The molecule has 0 spiro atoms. The third-order valence-corrected chi connectivity index (χ3v) is 4.96. The zero-order valence-corrected chi connectivity index (χ0v) is 12.9. The number of hydrogen-bond donors (Lipinski definition) is 1. The van der Waals surface area contributed by atoms with Crippen LogP contribution < -0.4 is 0 Å². The van der Waals surface area contributed by atoms with Crippen molar-refractivity contribution in [3.8, 4) is 0 Å². The number of aliphatic hydroxyl groups is 1. The van der Waals surface area contributed by atoms with E-state index in [4.69, 9.17) is 4.42 Å². The summed E-state index contributed by atoms with van der Waals surface area (Å²) in [6.07, 6.45) is 2.84. The van der Waals surface area contributed by atoms with Gasteiger partial charge >= 0.3 is 0 Å². The van der Waals surface area contributed by atoms with E-state index in [-0.39, 0.29) is 5.92 Å². The molecule has 1 N–H and O–H groups in total. The normalized spacial score (nSPS) is 29.8. The lowest BCUT2D eigenvalue weighted by Gasteiger charge is -2.44. The van der Waals surface area contributed by atoms with Gasteiger partial charge in [0.2, 0.25) is 0 Å². The number of benzene rings is 1. The van der Waals surface area contributed by atoms with Crippen LogP contribution in [0.1, 0.15) is 51.4 Å². The highest BCUT2D eigenvalue weighted by molar-refractivity contribution is 5.78. The predicted molar refractivity (Wildman–Crippen MR) is 81.6 cm³/mol. The molecule has 1 aromatic carbocycles. The molecule has 1 aliphatic rings. The molecule has 2 atom stereocenters. The lowest BCUT2D eigenvalue weighted by molar-refractivity contribution is -0.0901. The van der Waals surface area contributed by atoms with Crippen molar-refractivity contribution in [1.29, 1.82) is 0 Å². The second-order valence-electron chi connectivity index (χ2n) is 7.35. The predicted octanol–water partition coefficient (Wildman–Crippen LogP) is 4.78. The molecule has 0 radical (unpaired) electrons. The second kappa shape index (κ2) is 4.36. The zero-order chi connectivity index (χ0) is 14.5. The first kappa shape index (κ1) is 13.7. The van der Waals surface area contributed by atoms with Crippen molar-refractivity contribution in [2.75, 3.05) is 0 Å². The summed E-state index contributed by atoms with van der Waals surface area (Å²) in [5.74, 6) is 0.953. The summed E-state index contributed by atoms with van der Waals surface area (Å²) in [6, 6.07) is 8.18. The van der Waals surface area contributed by atoms with Crippen LogP contribution in [0.2, 0.25) is 0 Å². The minimum Gasteiger partial charge on any atom is -0.458 e. The molecular weight excluding hydrogens is 248 g/mol. The van der Waals surface area contributed by atoms with Gasteiger partial charge in [0, 0.05) is 5.39 Å². The van der Waals surface area contributed by atoms with E-state index < -0.39 is 5.60 Å². The Bertz CT molecular complexity index is 638. The SMILES string of the molecule is Cc1ccc2oc(C3(O)CCC(C)(C)CC3C)cc2c1. The van der Waals surface area contributed by atoms with Crippen LogP contribution in [0.4, 0.5) is 0 Å². The highest BCUT2D eigenvalue weighted by atomic mass is 16.4. The van der Waals surface area contributed by atoms with E-state index >= 15 is 0 Å². The zero-order valence-electron chi connectivity index (χ0n) is 12.9. The van der Waals surface area contributed by atoms with Gasteiger partial charge in [-0.3, -0.25) is 0 Å². The van der Waals surface area contributed by atoms with Gasteiger partial charge in [-0.1, -0.05) is 32.4 Å². The highest BCUT2D eigenvalue weighted by Crippen LogP contribution is 2.49. The minimum atomic E-state index is -0.817. The summed E-state index contributed by atoms with van der Waals surface area (Å²) < 4.78 is 5.95. The summed E-state index contributed by atoms with van der Waals surface area (Å²) in [5, 5.41) is 12.2. The average molecular weight is 272 g/mol. The van der Waals surface area contributed by atoms with Crippen molar-refractivity contribution in [3.05, 3.63) is 35.6 Å². The molecule has 1 aromatic heterocycles. The summed E-state index contributed by atoms with van der Waals surface area (Å²) in [5.41, 5.74) is 1.59. The molecule has 0 saturated heterocycles. The van der Waals surface area contributed by atoms with Crippen molar-refractivity contribution in [1.82, 2.24) is 0 Å². The Morgan fingerprint density at radius 2 is 1.95 bits per heavy atom. The molecule has 0 aliphatic heterocycles. The van der Waals surface area contributed by atoms with Gasteiger partial charge in [-0.15, -0.1) is 0 Å². The Morgan fingerprint density at radius 1 is 1.20 bits per heavy atom. The molecule has 1 saturated carbocycles. The van der Waals surface area contributed by atoms with Crippen LogP contribution in [0.3, 0.4) is 0 Å². The highest BCUT2D eigenvalue weighted by Gasteiger charge is 2.45. The lowest BCUT2D eigenvalue weighted by Crippen LogP contribution is -2.41. The quantitative estimate of drug-likeness (QED) is 0.810. The minimum absolute atomic E-state index is 0.216. The maximum absolute atomic E-state index is 11.1. The molecule has 2 nitrogen and oxygen atoms in total. The Balaban J connectivity index is 2.01. The third-order valence-electron chi connectivity index (χ3n) is 4.96. The van der Waals surface area contributed by atoms with E-state index in [0.29, 0.717) is 5.41 Å². The smallest absolute Gasteiger partial charge is 0.137 e. The molecule has 3 rings (SSSR count). The summed E-state index contributed by atoms with van der Waals surface area (Å²) in [6.45, 7) is 8.78. The van der Waals surface area contributed by atoms with Crippen LogP contribution >= 0.6 is 0 Å². The van der Waals surface area contributed by atoms with Crippen LogP contribution in [0.5, 0.6) is 0 Å². The van der Waals surface area contributed by atoms with Gasteiger partial charge in [-0.2, -0.15) is 0 Å². The van der Waals surface area contributed by atoms with E-state index in [1.165, 1.54) is 5.56 Å². The van der Waals surface area contributed by atoms with E-state index in [0.717, 1.165) is 36.0 Å². The largest absolute Gasteiger partial charge is 0.458 e. The van der Waals surface area contributed by atoms with E-state index in [1.807, 2.05) is 18.2 Å². The van der Waals surface area contributed by atoms with E-state index in [9.17, 15) is 5.11 Å². The molecule has 108 valence electrons. The maximum Gasteiger partial charge on any atom is 0.137 e. The fourth-order valence-corrected chi connectivity index (χ4v) is 3.62. The number of fused-ring (bicyclic) bond motifs is 1. The average Bonchev–Trinajstić information content (AvgIpc) is 2.77. The van der Waals surface area contributed by atoms with Gasteiger partial charge < -0.3 is 9.52 Å². The fourth-order valence-electron chi connectivity index (χ4n) is 3.62. The van der Waals surface area contributed by atoms with Gasteiger partial charge in [0.05, 0.1) is 0 Å². The molecule has 1 fully saturated rings. The van der Waals surface area contributed by atoms with Crippen LogP contribution in [-0.2, 0) is 5.60 Å². The van der Waals surface area contributed by atoms with Gasteiger partial charge in [-0.25, -0.2) is 0 Å². The number of furan rings is 1. The van der Waals surface area contributed by atoms with Gasteiger partial charge in [0.1, 0.15) is 16.9 Å². The van der Waals surface area contributed by atoms with Crippen molar-refractivity contribution < 1.29 is 9.52 Å². The van der Waals surface area contributed by atoms with Gasteiger partial charge in [0.25, 0.3) is 0 Å². The van der Waals surface area contributed by atoms with Gasteiger partial charge in [-0.05, 0) is 55.7 Å². The summed E-state index contributed by atoms with van der Waals surface area (Å²) in [4.78, 5) is 0. The first-order valence-corrected chi connectivity index (χ1v) is 7.53. The van der Waals surface area contributed by atoms with E-state index in [2.05, 4.69) is 33.8 Å². The standard InChI is InChI=1S/C18H24O2/c1-12-5-6-15-14(9-12)10-16(20-15)18(19)8-7-17(3,4)11-13(18)2/h5-6,9-10,13,19H,7-8,11H2,1-4H3. The first-order chi connectivity index (χ1) is 9.30. The Labute approximate surface area is 120 Å². The maximum atomic E-state index is 11.1. The molecule has 2 heteroatoms. The molecule has 1 aliphatic carbocycles. The third kappa shape index (κ3) is 2.16. The van der Waals surface area contributed by atoms with Crippen molar-refractivity contribution in [2.24, 2.45) is 11.3 Å². The monoisotopic (exact) mass is 272 g/mol. The first-order valence-electron chi connectivity index (χ1n) is 7.53. The molecule has 0 amide bonds. The van der Waals surface area contributed by atoms with Crippen molar-refractivity contribution in [2.45, 2.75) is 52.6 Å². The number of aryl methyl sites for hydroxylation is 1. The van der Waals surface area contributed by atoms with E-state index in [1.54, 1.807) is 0 Å².